The number of esters is 1. The van der Waals surface area contributed by atoms with Gasteiger partial charge in [0.05, 0.1) is 28.3 Å². The third kappa shape index (κ3) is 6.16. The summed E-state index contributed by atoms with van der Waals surface area (Å²) in [6, 6.07) is 12.4. The molecular formula is C34H41N5O5S. The molecule has 0 bridgehead atoms. The van der Waals surface area contributed by atoms with Crippen molar-refractivity contribution in [3.05, 3.63) is 76.1 Å². The van der Waals surface area contributed by atoms with Crippen molar-refractivity contribution in [2.75, 3.05) is 62.5 Å². The van der Waals surface area contributed by atoms with E-state index >= 15 is 0 Å². The van der Waals surface area contributed by atoms with Crippen LogP contribution in [0, 0.1) is 6.92 Å². The molecule has 3 aliphatic rings. The molecule has 0 aliphatic carbocycles. The van der Waals surface area contributed by atoms with Gasteiger partial charge in [0.25, 0.3) is 15.9 Å². The van der Waals surface area contributed by atoms with E-state index in [1.165, 1.54) is 4.31 Å². The summed E-state index contributed by atoms with van der Waals surface area (Å²) in [7, 11) is -1.74. The van der Waals surface area contributed by atoms with E-state index in [-0.39, 0.29) is 17.4 Å². The van der Waals surface area contributed by atoms with Gasteiger partial charge in [0.2, 0.25) is 0 Å². The fraction of sp³-hybridized carbons (Fsp3) is 0.412. The van der Waals surface area contributed by atoms with Crippen LogP contribution in [0.5, 0.6) is 0 Å². The van der Waals surface area contributed by atoms with Crippen LogP contribution in [-0.2, 0) is 32.4 Å². The summed E-state index contributed by atoms with van der Waals surface area (Å²) in [5.41, 5.74) is 5.75. The Hall–Kier alpha value is -3.93. The second kappa shape index (κ2) is 12.8. The van der Waals surface area contributed by atoms with E-state index in [4.69, 9.17) is 4.74 Å². The Morgan fingerprint density at radius 3 is 2.62 bits per heavy atom. The van der Waals surface area contributed by atoms with E-state index in [0.717, 1.165) is 63.1 Å². The van der Waals surface area contributed by atoms with Crippen molar-refractivity contribution in [3.8, 4) is 0 Å². The maximum absolute atomic E-state index is 13.9. The van der Waals surface area contributed by atoms with Gasteiger partial charge in [-0.25, -0.2) is 13.2 Å². The number of fused-ring (bicyclic) bond motifs is 2. The first-order valence-electron chi connectivity index (χ1n) is 15.7. The summed E-state index contributed by atoms with van der Waals surface area (Å²) in [6.07, 6.45) is 4.78. The molecule has 0 spiro atoms. The Morgan fingerprint density at radius 1 is 1.07 bits per heavy atom. The standard InChI is InChI=1S/C34H41N5O5S/c1-4-44-34(41)32-23(2)35-30(26(32)11-8-15-38-19-17-37(3)18-20-38)22-28-27-21-25(13-14-29(27)36-33(28)40)45(42,43)39-16-7-10-24-9-5-6-12-31(24)39/h5-6,9,12-14,21-22,35H,4,7-8,10-11,15-20H2,1-3H3,(H,36,40)/b28-22-. The van der Waals surface area contributed by atoms with Crippen molar-refractivity contribution < 1.29 is 22.7 Å². The van der Waals surface area contributed by atoms with Gasteiger partial charge in [0.15, 0.2) is 0 Å². The number of para-hydroxylation sites is 1. The number of amides is 1. The van der Waals surface area contributed by atoms with Crippen molar-refractivity contribution in [2.45, 2.75) is 44.4 Å². The molecule has 0 saturated carbocycles. The van der Waals surface area contributed by atoms with Gasteiger partial charge in [-0.15, -0.1) is 0 Å². The lowest BCUT2D eigenvalue weighted by Gasteiger charge is -2.32. The molecule has 6 rings (SSSR count). The summed E-state index contributed by atoms with van der Waals surface area (Å²) >= 11 is 0. The maximum atomic E-state index is 13.9. The minimum atomic E-state index is -3.87. The molecule has 238 valence electrons. The number of rotatable bonds is 9. The Labute approximate surface area is 265 Å². The zero-order valence-electron chi connectivity index (χ0n) is 26.2. The molecule has 11 heteroatoms. The number of carbonyl (C=O) groups excluding carboxylic acids is 2. The van der Waals surface area contributed by atoms with Crippen molar-refractivity contribution >= 4 is 44.9 Å². The molecule has 0 radical (unpaired) electrons. The molecule has 45 heavy (non-hydrogen) atoms. The van der Waals surface area contributed by atoms with Gasteiger partial charge in [-0.05, 0) is 94.6 Å². The third-order valence-corrected chi connectivity index (χ3v) is 10.8. The summed E-state index contributed by atoms with van der Waals surface area (Å²) in [4.78, 5) is 34.6. The fourth-order valence-corrected chi connectivity index (χ4v) is 8.17. The van der Waals surface area contributed by atoms with Gasteiger partial charge in [-0.1, -0.05) is 18.2 Å². The second-order valence-electron chi connectivity index (χ2n) is 12.0. The summed E-state index contributed by atoms with van der Waals surface area (Å²) < 4.78 is 34.8. The summed E-state index contributed by atoms with van der Waals surface area (Å²) in [5.74, 6) is -0.715. The number of aromatic nitrogens is 1. The number of anilines is 2. The SMILES string of the molecule is CCOC(=O)c1c(C)[nH]c(/C=C2\C(=O)Nc3ccc(S(=O)(=O)N4CCCc5ccccc54)cc32)c1CCCN1CCN(C)CC1. The van der Waals surface area contributed by atoms with Gasteiger partial charge in [-0.3, -0.25) is 9.10 Å². The predicted octanol–water partition coefficient (Wildman–Crippen LogP) is 4.31. The lowest BCUT2D eigenvalue weighted by atomic mass is 10.00. The summed E-state index contributed by atoms with van der Waals surface area (Å²) in [5, 5.41) is 2.88. The fourth-order valence-electron chi connectivity index (χ4n) is 6.61. The largest absolute Gasteiger partial charge is 0.462 e. The molecule has 1 fully saturated rings. The highest BCUT2D eigenvalue weighted by molar-refractivity contribution is 7.92. The highest BCUT2D eigenvalue weighted by atomic mass is 32.2. The average Bonchev–Trinajstić information content (AvgIpc) is 3.52. The Balaban J connectivity index is 1.33. The molecule has 3 aliphatic heterocycles. The number of likely N-dealkylation sites (N-methyl/N-ethyl adjacent to an activating group) is 1. The van der Waals surface area contributed by atoms with E-state index in [2.05, 4.69) is 27.1 Å². The van der Waals surface area contributed by atoms with Crippen molar-refractivity contribution in [1.29, 1.82) is 0 Å². The molecule has 1 saturated heterocycles. The number of sulfonamides is 1. The normalized spacial score (nSPS) is 18.2. The van der Waals surface area contributed by atoms with E-state index in [1.54, 1.807) is 31.2 Å². The number of carbonyl (C=O) groups is 2. The molecule has 0 atom stereocenters. The predicted molar refractivity (Wildman–Crippen MR) is 176 cm³/mol. The van der Waals surface area contributed by atoms with Crippen LogP contribution in [-0.4, -0.2) is 88.0 Å². The lowest BCUT2D eigenvalue weighted by Crippen LogP contribution is -2.44. The van der Waals surface area contributed by atoms with Gasteiger partial charge < -0.3 is 24.8 Å². The molecular weight excluding hydrogens is 590 g/mol. The van der Waals surface area contributed by atoms with Crippen LogP contribution in [0.4, 0.5) is 11.4 Å². The number of ether oxygens (including phenoxy) is 1. The number of aryl methyl sites for hydroxylation is 2. The molecule has 2 aromatic carbocycles. The number of hydrogen-bond acceptors (Lipinski definition) is 7. The number of aromatic amines is 1. The zero-order chi connectivity index (χ0) is 31.7. The van der Waals surface area contributed by atoms with Gasteiger partial charge in [-0.2, -0.15) is 0 Å². The van der Waals surface area contributed by atoms with Crippen molar-refractivity contribution in [3.63, 3.8) is 0 Å². The van der Waals surface area contributed by atoms with Crippen LogP contribution in [0.15, 0.2) is 47.4 Å². The molecule has 0 unspecified atom stereocenters. The maximum Gasteiger partial charge on any atom is 0.340 e. The average molecular weight is 632 g/mol. The highest BCUT2D eigenvalue weighted by Crippen LogP contribution is 2.38. The van der Waals surface area contributed by atoms with E-state index in [9.17, 15) is 18.0 Å². The molecule has 2 N–H and O–H groups in total. The summed E-state index contributed by atoms with van der Waals surface area (Å²) in [6.45, 7) is 9.26. The number of nitrogens with zero attached hydrogens (tertiary/aromatic N) is 3. The van der Waals surface area contributed by atoms with Gasteiger partial charge in [0, 0.05) is 55.4 Å². The second-order valence-corrected chi connectivity index (χ2v) is 13.9. The monoisotopic (exact) mass is 631 g/mol. The van der Waals surface area contributed by atoms with E-state index in [0.29, 0.717) is 52.4 Å². The van der Waals surface area contributed by atoms with Gasteiger partial charge in [0.1, 0.15) is 0 Å². The van der Waals surface area contributed by atoms with Crippen LogP contribution in [0.2, 0.25) is 0 Å². The minimum Gasteiger partial charge on any atom is -0.462 e. The third-order valence-electron chi connectivity index (χ3n) is 9.02. The highest BCUT2D eigenvalue weighted by Gasteiger charge is 2.32. The Bertz CT molecular complexity index is 1750. The number of H-pyrrole nitrogens is 1. The zero-order valence-corrected chi connectivity index (χ0v) is 27.0. The number of piperazine rings is 1. The van der Waals surface area contributed by atoms with Gasteiger partial charge >= 0.3 is 5.97 Å². The first-order valence-corrected chi connectivity index (χ1v) is 17.2. The smallest absolute Gasteiger partial charge is 0.340 e. The van der Waals surface area contributed by atoms with Crippen LogP contribution >= 0.6 is 0 Å². The van der Waals surface area contributed by atoms with Crippen molar-refractivity contribution in [1.82, 2.24) is 14.8 Å². The lowest BCUT2D eigenvalue weighted by molar-refractivity contribution is -0.110. The number of nitrogens with one attached hydrogen (secondary N) is 2. The Morgan fingerprint density at radius 2 is 1.84 bits per heavy atom. The topological polar surface area (TPSA) is 115 Å². The van der Waals surface area contributed by atoms with Crippen LogP contribution < -0.4 is 9.62 Å². The first kappa shape index (κ1) is 31.1. The molecule has 4 heterocycles. The molecule has 10 nitrogen and oxygen atoms in total. The van der Waals surface area contributed by atoms with E-state index in [1.807, 2.05) is 31.2 Å². The van der Waals surface area contributed by atoms with E-state index < -0.39 is 16.0 Å². The molecule has 3 aromatic rings. The number of hydrogen-bond donors (Lipinski definition) is 2. The van der Waals surface area contributed by atoms with Crippen LogP contribution in [0.25, 0.3) is 11.6 Å². The van der Waals surface area contributed by atoms with Crippen LogP contribution in [0.1, 0.15) is 58.2 Å². The Kier molecular flexibility index (Phi) is 8.85. The van der Waals surface area contributed by atoms with Crippen LogP contribution in [0.3, 0.4) is 0 Å². The molecule has 1 aromatic heterocycles. The van der Waals surface area contributed by atoms with Crippen molar-refractivity contribution in [2.24, 2.45) is 0 Å². The number of benzene rings is 2. The quantitative estimate of drug-likeness (QED) is 0.267. The molecule has 1 amide bonds. The minimum absolute atomic E-state index is 0.127. The first-order chi connectivity index (χ1) is 21.7.